The summed E-state index contributed by atoms with van der Waals surface area (Å²) in [5, 5.41) is 3.74. The molecule has 1 aromatic heterocycles. The van der Waals surface area contributed by atoms with Crippen LogP contribution in [-0.2, 0) is 12.7 Å². The molecule has 0 fully saturated rings. The summed E-state index contributed by atoms with van der Waals surface area (Å²) in [6, 6.07) is 9.45. The van der Waals surface area contributed by atoms with E-state index in [1.54, 1.807) is 0 Å². The first-order valence-corrected chi connectivity index (χ1v) is 5.85. The summed E-state index contributed by atoms with van der Waals surface area (Å²) in [4.78, 5) is 0. The fourth-order valence-electron chi connectivity index (χ4n) is 1.88. The molecule has 0 spiro atoms. The maximum Gasteiger partial charge on any atom is 0.419 e. The van der Waals surface area contributed by atoms with Crippen LogP contribution in [0.4, 0.5) is 13.2 Å². The maximum absolute atomic E-state index is 12.5. The third-order valence-electron chi connectivity index (χ3n) is 2.92. The normalized spacial score (nSPS) is 13.5. The zero-order valence-corrected chi connectivity index (χ0v) is 10.1. The molecule has 0 aliphatic carbocycles. The second kappa shape index (κ2) is 5.44. The first kappa shape index (κ1) is 13.6. The van der Waals surface area contributed by atoms with Gasteiger partial charge in [0, 0.05) is 25.2 Å². The molecule has 2 aromatic rings. The van der Waals surface area contributed by atoms with Crippen LogP contribution in [0.2, 0.25) is 0 Å². The van der Waals surface area contributed by atoms with Gasteiger partial charge in [0.1, 0.15) is 0 Å². The molecule has 1 aromatic carbocycles. The summed E-state index contributed by atoms with van der Waals surface area (Å²) < 4.78 is 38.7. The topological polar surface area (TPSA) is 43.8 Å². The van der Waals surface area contributed by atoms with Gasteiger partial charge in [-0.1, -0.05) is 30.3 Å². The summed E-state index contributed by atoms with van der Waals surface area (Å²) in [5.41, 5.74) is 5.94. The van der Waals surface area contributed by atoms with E-state index in [0.29, 0.717) is 13.1 Å². The summed E-state index contributed by atoms with van der Waals surface area (Å²) in [6.07, 6.45) is -2.52. The molecule has 0 saturated carbocycles. The first-order valence-electron chi connectivity index (χ1n) is 5.85. The minimum atomic E-state index is -4.36. The molecule has 0 radical (unpaired) electrons. The standard InChI is InChI=1S/C13H14F3N3/c14-13(15,16)12-7-18-19(9-12)8-11(6-17)10-4-2-1-3-5-10/h1-5,7,9,11H,6,8,17H2. The van der Waals surface area contributed by atoms with Gasteiger partial charge in [0.05, 0.1) is 11.8 Å². The number of aromatic nitrogens is 2. The Bertz CT molecular complexity index is 519. The van der Waals surface area contributed by atoms with Crippen molar-refractivity contribution in [3.63, 3.8) is 0 Å². The molecule has 1 heterocycles. The predicted molar refractivity (Wildman–Crippen MR) is 65.5 cm³/mol. The van der Waals surface area contributed by atoms with E-state index in [1.165, 1.54) is 4.68 Å². The Kier molecular flexibility index (Phi) is 3.90. The van der Waals surface area contributed by atoms with Crippen molar-refractivity contribution in [2.45, 2.75) is 18.6 Å². The highest BCUT2D eigenvalue weighted by Crippen LogP contribution is 2.28. The number of nitrogens with zero attached hydrogens (tertiary/aromatic N) is 2. The zero-order chi connectivity index (χ0) is 13.9. The van der Waals surface area contributed by atoms with Crippen molar-refractivity contribution in [1.82, 2.24) is 9.78 Å². The van der Waals surface area contributed by atoms with Crippen LogP contribution in [0.3, 0.4) is 0 Å². The molecule has 1 atom stereocenters. The van der Waals surface area contributed by atoms with Crippen molar-refractivity contribution in [2.75, 3.05) is 6.54 Å². The van der Waals surface area contributed by atoms with E-state index in [9.17, 15) is 13.2 Å². The van der Waals surface area contributed by atoms with E-state index in [0.717, 1.165) is 18.0 Å². The second-order valence-corrected chi connectivity index (χ2v) is 4.29. The number of nitrogens with two attached hydrogens (primary N) is 1. The van der Waals surface area contributed by atoms with Crippen molar-refractivity contribution >= 4 is 0 Å². The highest BCUT2D eigenvalue weighted by atomic mass is 19.4. The first-order chi connectivity index (χ1) is 9.00. The fourth-order valence-corrected chi connectivity index (χ4v) is 1.88. The molecule has 2 N–H and O–H groups in total. The van der Waals surface area contributed by atoms with Crippen molar-refractivity contribution in [3.8, 4) is 0 Å². The quantitative estimate of drug-likeness (QED) is 0.927. The third kappa shape index (κ3) is 3.35. The lowest BCUT2D eigenvalue weighted by molar-refractivity contribution is -0.137. The lowest BCUT2D eigenvalue weighted by Crippen LogP contribution is -2.18. The minimum absolute atomic E-state index is 0.0535. The van der Waals surface area contributed by atoms with Crippen LogP contribution in [0.25, 0.3) is 0 Å². The Morgan fingerprint density at radius 3 is 2.42 bits per heavy atom. The van der Waals surface area contributed by atoms with Gasteiger partial charge in [-0.15, -0.1) is 0 Å². The average molecular weight is 269 g/mol. The lowest BCUT2D eigenvalue weighted by atomic mass is 9.99. The van der Waals surface area contributed by atoms with E-state index in [4.69, 9.17) is 5.73 Å². The number of hydrogen-bond acceptors (Lipinski definition) is 2. The molecular weight excluding hydrogens is 255 g/mol. The minimum Gasteiger partial charge on any atom is -0.330 e. The molecular formula is C13H14F3N3. The summed E-state index contributed by atoms with van der Waals surface area (Å²) in [5.74, 6) is -0.0535. The van der Waals surface area contributed by atoms with Gasteiger partial charge in [-0.3, -0.25) is 4.68 Å². The van der Waals surface area contributed by atoms with Crippen LogP contribution in [0.15, 0.2) is 42.7 Å². The monoisotopic (exact) mass is 269 g/mol. The number of rotatable bonds is 4. The third-order valence-corrected chi connectivity index (χ3v) is 2.92. The van der Waals surface area contributed by atoms with Crippen molar-refractivity contribution in [2.24, 2.45) is 5.73 Å². The number of alkyl halides is 3. The van der Waals surface area contributed by atoms with E-state index in [2.05, 4.69) is 5.10 Å². The Morgan fingerprint density at radius 1 is 1.21 bits per heavy atom. The second-order valence-electron chi connectivity index (χ2n) is 4.29. The van der Waals surface area contributed by atoms with Crippen molar-refractivity contribution < 1.29 is 13.2 Å². The highest BCUT2D eigenvalue weighted by molar-refractivity contribution is 5.20. The average Bonchev–Trinajstić information content (AvgIpc) is 2.85. The fraction of sp³-hybridized carbons (Fsp3) is 0.308. The number of hydrogen-bond donors (Lipinski definition) is 1. The maximum atomic E-state index is 12.5. The molecule has 1 unspecified atom stereocenters. The van der Waals surface area contributed by atoms with Crippen LogP contribution in [0.1, 0.15) is 17.0 Å². The molecule has 0 aliphatic heterocycles. The van der Waals surface area contributed by atoms with Gasteiger partial charge < -0.3 is 5.73 Å². The van der Waals surface area contributed by atoms with Crippen LogP contribution in [0, 0.1) is 0 Å². The molecule has 0 aliphatic rings. The van der Waals surface area contributed by atoms with Crippen molar-refractivity contribution in [1.29, 1.82) is 0 Å². The highest BCUT2D eigenvalue weighted by Gasteiger charge is 2.32. The van der Waals surface area contributed by atoms with E-state index >= 15 is 0 Å². The van der Waals surface area contributed by atoms with E-state index < -0.39 is 11.7 Å². The van der Waals surface area contributed by atoms with E-state index in [-0.39, 0.29) is 5.92 Å². The SMILES string of the molecule is NCC(Cn1cc(C(F)(F)F)cn1)c1ccccc1. The summed E-state index contributed by atoms with van der Waals surface area (Å²) in [6.45, 7) is 0.682. The number of halogens is 3. The van der Waals surface area contributed by atoms with Crippen molar-refractivity contribution in [3.05, 3.63) is 53.9 Å². The van der Waals surface area contributed by atoms with Gasteiger partial charge in [0.2, 0.25) is 0 Å². The lowest BCUT2D eigenvalue weighted by Gasteiger charge is -2.15. The molecule has 0 saturated heterocycles. The van der Waals surface area contributed by atoms with Gasteiger partial charge in [-0.25, -0.2) is 0 Å². The summed E-state index contributed by atoms with van der Waals surface area (Å²) in [7, 11) is 0. The largest absolute Gasteiger partial charge is 0.419 e. The molecule has 19 heavy (non-hydrogen) atoms. The predicted octanol–water partition coefficient (Wildman–Crippen LogP) is 2.64. The Balaban J connectivity index is 2.13. The van der Waals surface area contributed by atoms with Crippen LogP contribution in [0.5, 0.6) is 0 Å². The summed E-state index contributed by atoms with van der Waals surface area (Å²) >= 11 is 0. The molecule has 102 valence electrons. The van der Waals surface area contributed by atoms with E-state index in [1.807, 2.05) is 30.3 Å². The molecule has 3 nitrogen and oxygen atoms in total. The van der Waals surface area contributed by atoms with Gasteiger partial charge in [-0.05, 0) is 5.56 Å². The Morgan fingerprint density at radius 2 is 1.89 bits per heavy atom. The van der Waals surface area contributed by atoms with Crippen LogP contribution >= 0.6 is 0 Å². The van der Waals surface area contributed by atoms with Gasteiger partial charge >= 0.3 is 6.18 Å². The molecule has 0 bridgehead atoms. The Hall–Kier alpha value is -1.82. The number of benzene rings is 1. The van der Waals surface area contributed by atoms with Gasteiger partial charge in [-0.2, -0.15) is 18.3 Å². The molecule has 6 heteroatoms. The molecule has 0 amide bonds. The zero-order valence-electron chi connectivity index (χ0n) is 10.1. The Labute approximate surface area is 108 Å². The van der Waals surface area contributed by atoms with Crippen LogP contribution in [-0.4, -0.2) is 16.3 Å². The van der Waals surface area contributed by atoms with Crippen LogP contribution < -0.4 is 5.73 Å². The molecule has 2 rings (SSSR count). The smallest absolute Gasteiger partial charge is 0.330 e. The van der Waals surface area contributed by atoms with Gasteiger partial charge in [0.15, 0.2) is 0 Å². The van der Waals surface area contributed by atoms with Gasteiger partial charge in [0.25, 0.3) is 0 Å².